The van der Waals surface area contributed by atoms with Crippen molar-refractivity contribution in [1.82, 2.24) is 24.5 Å². The SMILES string of the molecule is CCN(c1ccncc1)c1nc(NC2CCC(N)CC2)nc2c1ncn2C1CCCC1. The quantitative estimate of drug-likeness (QED) is 0.617. The minimum absolute atomic E-state index is 0.322. The van der Waals surface area contributed by atoms with Crippen LogP contribution in [0, 0.1) is 0 Å². The molecule has 0 saturated heterocycles. The number of rotatable bonds is 6. The van der Waals surface area contributed by atoms with Crippen molar-refractivity contribution < 1.29 is 0 Å². The molecule has 0 radical (unpaired) electrons. The zero-order valence-corrected chi connectivity index (χ0v) is 18.2. The number of hydrogen-bond donors (Lipinski definition) is 2. The third kappa shape index (κ3) is 4.08. The molecule has 3 aromatic heterocycles. The summed E-state index contributed by atoms with van der Waals surface area (Å²) in [7, 11) is 0. The smallest absolute Gasteiger partial charge is 0.227 e. The van der Waals surface area contributed by atoms with Crippen molar-refractivity contribution >= 4 is 28.6 Å². The molecule has 8 heteroatoms. The maximum Gasteiger partial charge on any atom is 0.227 e. The van der Waals surface area contributed by atoms with Crippen molar-refractivity contribution in [3.8, 4) is 0 Å². The van der Waals surface area contributed by atoms with Gasteiger partial charge in [-0.2, -0.15) is 9.97 Å². The Bertz CT molecular complexity index is 1000. The number of anilines is 3. The van der Waals surface area contributed by atoms with Crippen molar-refractivity contribution in [2.45, 2.75) is 76.4 Å². The van der Waals surface area contributed by atoms with Gasteiger partial charge >= 0.3 is 0 Å². The summed E-state index contributed by atoms with van der Waals surface area (Å²) >= 11 is 0. The van der Waals surface area contributed by atoms with E-state index < -0.39 is 0 Å². The molecule has 2 aliphatic carbocycles. The number of nitrogens with one attached hydrogen (secondary N) is 1. The van der Waals surface area contributed by atoms with Crippen LogP contribution in [-0.4, -0.2) is 43.1 Å². The number of nitrogens with two attached hydrogens (primary N) is 1. The summed E-state index contributed by atoms with van der Waals surface area (Å²) in [6.45, 7) is 2.92. The molecular weight excluding hydrogens is 388 g/mol. The van der Waals surface area contributed by atoms with E-state index >= 15 is 0 Å². The minimum atomic E-state index is 0.322. The van der Waals surface area contributed by atoms with Crippen LogP contribution in [0.5, 0.6) is 0 Å². The molecule has 2 saturated carbocycles. The van der Waals surface area contributed by atoms with Crippen molar-refractivity contribution in [1.29, 1.82) is 0 Å². The highest BCUT2D eigenvalue weighted by molar-refractivity contribution is 5.87. The fraction of sp³-hybridized carbons (Fsp3) is 0.565. The summed E-state index contributed by atoms with van der Waals surface area (Å²) < 4.78 is 2.27. The monoisotopic (exact) mass is 420 g/mol. The lowest BCUT2D eigenvalue weighted by Crippen LogP contribution is -2.33. The van der Waals surface area contributed by atoms with Crippen molar-refractivity contribution in [3.63, 3.8) is 0 Å². The average molecular weight is 421 g/mol. The molecule has 0 spiro atoms. The standard InChI is InChI=1S/C23H32N8/c1-2-30(19-11-13-25-14-12-19)21-20-22(31(15-26-20)18-5-3-4-6-18)29-23(28-21)27-17-9-7-16(24)8-10-17/h11-18H,2-10,24H2,1H3,(H,27,28,29). The van der Waals surface area contributed by atoms with Crippen molar-refractivity contribution in [3.05, 3.63) is 30.9 Å². The topological polar surface area (TPSA) is 97.8 Å². The van der Waals surface area contributed by atoms with Gasteiger partial charge < -0.3 is 20.5 Å². The summed E-state index contributed by atoms with van der Waals surface area (Å²) in [6.07, 6.45) is 14.7. The Morgan fingerprint density at radius 1 is 1.06 bits per heavy atom. The number of imidazole rings is 1. The largest absolute Gasteiger partial charge is 0.351 e. The normalized spacial score (nSPS) is 22.1. The Morgan fingerprint density at radius 3 is 2.52 bits per heavy atom. The second-order valence-corrected chi connectivity index (χ2v) is 8.84. The van der Waals surface area contributed by atoms with Crippen LogP contribution >= 0.6 is 0 Å². The van der Waals surface area contributed by atoms with Crippen LogP contribution in [0.15, 0.2) is 30.9 Å². The van der Waals surface area contributed by atoms with E-state index in [0.717, 1.165) is 54.9 Å². The predicted molar refractivity (Wildman–Crippen MR) is 124 cm³/mol. The highest BCUT2D eigenvalue weighted by Crippen LogP contribution is 2.35. The molecule has 164 valence electrons. The van der Waals surface area contributed by atoms with E-state index in [-0.39, 0.29) is 0 Å². The van der Waals surface area contributed by atoms with Gasteiger partial charge in [0.2, 0.25) is 5.95 Å². The van der Waals surface area contributed by atoms with Crippen molar-refractivity contribution in [2.24, 2.45) is 5.73 Å². The number of hydrogen-bond acceptors (Lipinski definition) is 7. The number of pyridine rings is 1. The summed E-state index contributed by atoms with van der Waals surface area (Å²) in [5, 5.41) is 3.61. The van der Waals surface area contributed by atoms with Gasteiger partial charge in [-0.25, -0.2) is 4.98 Å². The van der Waals surface area contributed by atoms with E-state index in [2.05, 4.69) is 26.7 Å². The zero-order valence-electron chi connectivity index (χ0n) is 18.2. The lowest BCUT2D eigenvalue weighted by molar-refractivity contribution is 0.410. The second kappa shape index (κ2) is 8.78. The van der Waals surface area contributed by atoms with E-state index in [9.17, 15) is 0 Å². The first-order chi connectivity index (χ1) is 15.2. The number of nitrogens with zero attached hydrogens (tertiary/aromatic N) is 6. The second-order valence-electron chi connectivity index (χ2n) is 8.84. The van der Waals surface area contributed by atoms with E-state index in [1.807, 2.05) is 30.9 Å². The van der Waals surface area contributed by atoms with Gasteiger partial charge in [-0.1, -0.05) is 12.8 Å². The fourth-order valence-corrected chi connectivity index (χ4v) is 5.03. The molecule has 0 unspecified atom stereocenters. The lowest BCUT2D eigenvalue weighted by Gasteiger charge is -2.28. The van der Waals surface area contributed by atoms with Gasteiger partial charge in [0.15, 0.2) is 17.0 Å². The Morgan fingerprint density at radius 2 is 1.81 bits per heavy atom. The molecule has 5 rings (SSSR count). The third-order valence-electron chi connectivity index (χ3n) is 6.77. The maximum atomic E-state index is 6.10. The van der Waals surface area contributed by atoms with Crippen LogP contribution in [0.1, 0.15) is 64.3 Å². The molecule has 8 nitrogen and oxygen atoms in total. The summed E-state index contributed by atoms with van der Waals surface area (Å²) in [5.41, 5.74) is 8.96. The molecule has 31 heavy (non-hydrogen) atoms. The molecule has 0 bridgehead atoms. The molecule has 0 aromatic carbocycles. The highest BCUT2D eigenvalue weighted by atomic mass is 15.3. The Balaban J connectivity index is 1.57. The zero-order chi connectivity index (χ0) is 21.2. The molecule has 2 aliphatic rings. The Labute approximate surface area is 183 Å². The molecule has 2 fully saturated rings. The van der Waals surface area contributed by atoms with Crippen LogP contribution in [-0.2, 0) is 0 Å². The number of aromatic nitrogens is 5. The van der Waals surface area contributed by atoms with Crippen LogP contribution in [0.4, 0.5) is 17.5 Å². The van der Waals surface area contributed by atoms with Crippen LogP contribution in [0.2, 0.25) is 0 Å². The molecule has 3 heterocycles. The van der Waals surface area contributed by atoms with Gasteiger partial charge in [-0.3, -0.25) is 4.98 Å². The Hall–Kier alpha value is -2.74. The molecule has 0 atom stereocenters. The highest BCUT2D eigenvalue weighted by Gasteiger charge is 2.25. The first-order valence-corrected chi connectivity index (χ1v) is 11.7. The molecule has 0 aliphatic heterocycles. The van der Waals surface area contributed by atoms with Crippen LogP contribution in [0.3, 0.4) is 0 Å². The predicted octanol–water partition coefficient (Wildman–Crippen LogP) is 4.18. The van der Waals surface area contributed by atoms with E-state index in [4.69, 9.17) is 20.7 Å². The van der Waals surface area contributed by atoms with Crippen molar-refractivity contribution in [2.75, 3.05) is 16.8 Å². The minimum Gasteiger partial charge on any atom is -0.351 e. The van der Waals surface area contributed by atoms with E-state index in [0.29, 0.717) is 24.1 Å². The van der Waals surface area contributed by atoms with Gasteiger partial charge in [0.25, 0.3) is 0 Å². The average Bonchev–Trinajstić information content (AvgIpc) is 3.46. The molecule has 3 aromatic rings. The van der Waals surface area contributed by atoms with Gasteiger partial charge in [-0.05, 0) is 57.6 Å². The summed E-state index contributed by atoms with van der Waals surface area (Å²) in [5.74, 6) is 1.54. The maximum absolute atomic E-state index is 6.10. The first-order valence-electron chi connectivity index (χ1n) is 11.7. The Kier molecular flexibility index (Phi) is 5.72. The molecular formula is C23H32N8. The van der Waals surface area contributed by atoms with Gasteiger partial charge in [0, 0.05) is 42.8 Å². The molecule has 3 N–H and O–H groups in total. The van der Waals surface area contributed by atoms with E-state index in [1.54, 1.807) is 0 Å². The molecule has 0 amide bonds. The summed E-state index contributed by atoms with van der Waals surface area (Å²) in [4.78, 5) is 21.1. The van der Waals surface area contributed by atoms with E-state index in [1.165, 1.54) is 25.7 Å². The van der Waals surface area contributed by atoms with Gasteiger partial charge in [0.05, 0.1) is 6.33 Å². The lowest BCUT2D eigenvalue weighted by atomic mass is 9.92. The fourth-order valence-electron chi connectivity index (χ4n) is 5.03. The summed E-state index contributed by atoms with van der Waals surface area (Å²) in [6, 6.07) is 5.19. The first kappa shape index (κ1) is 20.2. The number of fused-ring (bicyclic) bond motifs is 1. The van der Waals surface area contributed by atoms with Gasteiger partial charge in [0.1, 0.15) is 0 Å². The van der Waals surface area contributed by atoms with Crippen LogP contribution in [0.25, 0.3) is 11.2 Å². The third-order valence-corrected chi connectivity index (χ3v) is 6.77. The van der Waals surface area contributed by atoms with Gasteiger partial charge in [-0.15, -0.1) is 0 Å². The van der Waals surface area contributed by atoms with Crippen LogP contribution < -0.4 is 16.0 Å².